The Labute approximate surface area is 118 Å². The summed E-state index contributed by atoms with van der Waals surface area (Å²) in [5, 5.41) is 0. The maximum atomic E-state index is 12.4. The van der Waals surface area contributed by atoms with Gasteiger partial charge in [-0.2, -0.15) is 11.8 Å². The Bertz CT molecular complexity index is 567. The first kappa shape index (κ1) is 14.5. The molecule has 0 spiro atoms. The fourth-order valence-electron chi connectivity index (χ4n) is 1.96. The van der Waals surface area contributed by atoms with Crippen molar-refractivity contribution in [2.45, 2.75) is 24.3 Å². The molecule has 1 unspecified atom stereocenters. The minimum Gasteiger partial charge on any atom is -0.495 e. The molecule has 1 atom stereocenters. The molecule has 5 nitrogen and oxygen atoms in total. The van der Waals surface area contributed by atoms with Gasteiger partial charge in [-0.15, -0.1) is 0 Å². The third kappa shape index (κ3) is 3.16. The van der Waals surface area contributed by atoms with Gasteiger partial charge in [0.05, 0.1) is 7.11 Å². The number of nitrogens with two attached hydrogens (primary N) is 1. The third-order valence-electron chi connectivity index (χ3n) is 3.09. The third-order valence-corrected chi connectivity index (χ3v) is 5.80. The summed E-state index contributed by atoms with van der Waals surface area (Å²) in [7, 11) is -2.14. The number of sulfonamides is 1. The van der Waals surface area contributed by atoms with Crippen molar-refractivity contribution in [3.05, 3.63) is 17.7 Å². The highest BCUT2D eigenvalue weighted by Crippen LogP contribution is 2.29. The summed E-state index contributed by atoms with van der Waals surface area (Å²) in [5.41, 5.74) is 7.04. The second-order valence-electron chi connectivity index (χ2n) is 4.54. The Hall–Kier alpha value is -0.920. The van der Waals surface area contributed by atoms with Gasteiger partial charge >= 0.3 is 0 Å². The molecule has 0 aromatic heterocycles. The lowest BCUT2D eigenvalue weighted by Gasteiger charge is -2.15. The van der Waals surface area contributed by atoms with E-state index in [1.807, 2.05) is 6.92 Å². The summed E-state index contributed by atoms with van der Waals surface area (Å²) < 4.78 is 32.6. The van der Waals surface area contributed by atoms with Crippen LogP contribution in [-0.4, -0.2) is 33.1 Å². The molecular weight excluding hydrogens is 284 g/mol. The van der Waals surface area contributed by atoms with Crippen molar-refractivity contribution in [3.63, 3.8) is 0 Å². The molecule has 1 aromatic carbocycles. The van der Waals surface area contributed by atoms with Gasteiger partial charge in [-0.25, -0.2) is 13.1 Å². The van der Waals surface area contributed by atoms with Crippen LogP contribution in [0.3, 0.4) is 0 Å². The van der Waals surface area contributed by atoms with Crippen molar-refractivity contribution in [1.29, 1.82) is 0 Å². The number of hydrogen-bond acceptors (Lipinski definition) is 5. The molecule has 7 heteroatoms. The number of thioether (sulfide) groups is 1. The predicted octanol–water partition coefficient (Wildman–Crippen LogP) is 1.37. The fourth-order valence-corrected chi connectivity index (χ4v) is 4.67. The van der Waals surface area contributed by atoms with Gasteiger partial charge in [-0.1, -0.05) is 0 Å². The average molecular weight is 302 g/mol. The number of nitrogens with one attached hydrogen (secondary N) is 1. The van der Waals surface area contributed by atoms with Gasteiger partial charge in [0.1, 0.15) is 10.6 Å². The first-order valence-electron chi connectivity index (χ1n) is 5.98. The zero-order valence-electron chi connectivity index (χ0n) is 11.0. The summed E-state index contributed by atoms with van der Waals surface area (Å²) in [6.45, 7) is 1.81. The van der Waals surface area contributed by atoms with Crippen molar-refractivity contribution in [2.24, 2.45) is 0 Å². The molecule has 1 aliphatic heterocycles. The van der Waals surface area contributed by atoms with Crippen molar-refractivity contribution in [1.82, 2.24) is 4.72 Å². The second-order valence-corrected chi connectivity index (χ2v) is 7.37. The highest BCUT2D eigenvalue weighted by atomic mass is 32.2. The number of benzene rings is 1. The molecule has 0 bridgehead atoms. The minimum absolute atomic E-state index is 0.0118. The molecule has 19 heavy (non-hydrogen) atoms. The van der Waals surface area contributed by atoms with E-state index < -0.39 is 10.0 Å². The van der Waals surface area contributed by atoms with Gasteiger partial charge in [0.15, 0.2) is 0 Å². The Kier molecular flexibility index (Phi) is 4.27. The number of anilines is 1. The molecule has 1 saturated heterocycles. The van der Waals surface area contributed by atoms with Crippen LogP contribution in [0.1, 0.15) is 12.0 Å². The van der Waals surface area contributed by atoms with Gasteiger partial charge in [0.25, 0.3) is 0 Å². The summed E-state index contributed by atoms with van der Waals surface area (Å²) in [5.74, 6) is 2.12. The lowest BCUT2D eigenvalue weighted by atomic mass is 10.2. The van der Waals surface area contributed by atoms with Crippen molar-refractivity contribution in [2.75, 3.05) is 24.3 Å². The normalized spacial score (nSPS) is 19.6. The molecule has 0 saturated carbocycles. The minimum atomic E-state index is -3.59. The average Bonchev–Trinajstić information content (AvgIpc) is 2.84. The Morgan fingerprint density at radius 2 is 2.21 bits per heavy atom. The molecular formula is C12H18N2O3S2. The summed E-state index contributed by atoms with van der Waals surface area (Å²) in [4.78, 5) is 0.106. The standard InChI is InChI=1S/C12H18N2O3S2/c1-8-5-11(17-2)12(6-10(8)13)19(15,16)14-9-3-4-18-7-9/h5-6,9,14H,3-4,7,13H2,1-2H3. The van der Waals surface area contributed by atoms with Crippen LogP contribution < -0.4 is 15.2 Å². The van der Waals surface area contributed by atoms with Gasteiger partial charge in [-0.3, -0.25) is 0 Å². The van der Waals surface area contributed by atoms with Gasteiger partial charge in [0.2, 0.25) is 10.0 Å². The van der Waals surface area contributed by atoms with Crippen molar-refractivity contribution >= 4 is 27.5 Å². The van der Waals surface area contributed by atoms with E-state index in [9.17, 15) is 8.42 Å². The zero-order valence-corrected chi connectivity index (χ0v) is 12.6. The van der Waals surface area contributed by atoms with E-state index in [4.69, 9.17) is 10.5 Å². The molecule has 1 aromatic rings. The van der Waals surface area contributed by atoms with Crippen LogP contribution in [0.25, 0.3) is 0 Å². The van der Waals surface area contributed by atoms with Crippen LogP contribution >= 0.6 is 11.8 Å². The first-order chi connectivity index (χ1) is 8.94. The van der Waals surface area contributed by atoms with Crippen LogP contribution in [0, 0.1) is 6.92 Å². The quantitative estimate of drug-likeness (QED) is 0.821. The van der Waals surface area contributed by atoms with E-state index in [2.05, 4.69) is 4.72 Å². The van der Waals surface area contributed by atoms with Gasteiger partial charge in [0, 0.05) is 17.5 Å². The molecule has 0 amide bonds. The SMILES string of the molecule is COc1cc(C)c(N)cc1S(=O)(=O)NC1CCSC1. The first-order valence-corrected chi connectivity index (χ1v) is 8.62. The second kappa shape index (κ2) is 5.60. The highest BCUT2D eigenvalue weighted by Gasteiger charge is 2.26. The fraction of sp³-hybridized carbons (Fsp3) is 0.500. The summed E-state index contributed by atoms with van der Waals surface area (Å²) >= 11 is 1.75. The number of ether oxygens (including phenoxy) is 1. The van der Waals surface area contributed by atoms with E-state index in [0.717, 1.165) is 23.5 Å². The lowest BCUT2D eigenvalue weighted by molar-refractivity contribution is 0.402. The Balaban J connectivity index is 2.36. The van der Waals surface area contributed by atoms with Crippen LogP contribution in [0.5, 0.6) is 5.75 Å². The monoisotopic (exact) mass is 302 g/mol. The zero-order chi connectivity index (χ0) is 14.0. The molecule has 1 fully saturated rings. The van der Waals surface area contributed by atoms with E-state index in [-0.39, 0.29) is 10.9 Å². The smallest absolute Gasteiger partial charge is 0.244 e. The van der Waals surface area contributed by atoms with Crippen LogP contribution in [0.4, 0.5) is 5.69 Å². The van der Waals surface area contributed by atoms with E-state index in [0.29, 0.717) is 11.4 Å². The van der Waals surface area contributed by atoms with Crippen LogP contribution in [-0.2, 0) is 10.0 Å². The molecule has 0 radical (unpaired) electrons. The molecule has 1 aliphatic rings. The van der Waals surface area contributed by atoms with Crippen LogP contribution in [0.15, 0.2) is 17.0 Å². The van der Waals surface area contributed by atoms with Crippen LogP contribution in [0.2, 0.25) is 0 Å². The number of methoxy groups -OCH3 is 1. The van der Waals surface area contributed by atoms with Gasteiger partial charge in [-0.05, 0) is 36.8 Å². The maximum Gasteiger partial charge on any atom is 0.244 e. The van der Waals surface area contributed by atoms with E-state index in [1.165, 1.54) is 13.2 Å². The number of aryl methyl sites for hydroxylation is 1. The Morgan fingerprint density at radius 1 is 1.47 bits per heavy atom. The number of nitrogen functional groups attached to an aromatic ring is 1. The molecule has 1 heterocycles. The summed E-state index contributed by atoms with van der Waals surface area (Å²) in [6, 6.07) is 3.09. The topological polar surface area (TPSA) is 81.4 Å². The van der Waals surface area contributed by atoms with Crippen molar-refractivity contribution < 1.29 is 13.2 Å². The summed E-state index contributed by atoms with van der Waals surface area (Å²) in [6.07, 6.45) is 0.855. The van der Waals surface area contributed by atoms with Gasteiger partial charge < -0.3 is 10.5 Å². The lowest BCUT2D eigenvalue weighted by Crippen LogP contribution is -2.34. The van der Waals surface area contributed by atoms with Crippen molar-refractivity contribution in [3.8, 4) is 5.75 Å². The predicted molar refractivity (Wildman–Crippen MR) is 78.2 cm³/mol. The molecule has 0 aliphatic carbocycles. The molecule has 2 rings (SSSR count). The number of hydrogen-bond donors (Lipinski definition) is 2. The largest absolute Gasteiger partial charge is 0.495 e. The maximum absolute atomic E-state index is 12.4. The Morgan fingerprint density at radius 3 is 2.79 bits per heavy atom. The van der Waals surface area contributed by atoms with E-state index >= 15 is 0 Å². The highest BCUT2D eigenvalue weighted by molar-refractivity contribution is 7.99. The number of rotatable bonds is 4. The molecule has 106 valence electrons. The van der Waals surface area contributed by atoms with E-state index in [1.54, 1.807) is 17.8 Å². The molecule has 3 N–H and O–H groups in total.